The van der Waals surface area contributed by atoms with Crippen LogP contribution in [0.3, 0.4) is 0 Å². The van der Waals surface area contributed by atoms with Crippen LogP contribution in [0.25, 0.3) is 0 Å². The van der Waals surface area contributed by atoms with E-state index < -0.39 is 18.0 Å². The predicted octanol–water partition coefficient (Wildman–Crippen LogP) is 1.16. The number of alkyl carbamates (subject to hydrolysis) is 1. The molecular formula is C12H19NO4. The normalized spacial score (nSPS) is 18.2. The van der Waals surface area contributed by atoms with Crippen molar-refractivity contribution in [1.29, 1.82) is 0 Å². The quantitative estimate of drug-likeness (QED) is 0.708. The zero-order valence-corrected chi connectivity index (χ0v) is 9.85. The lowest BCUT2D eigenvalue weighted by atomic mass is 9.96. The highest BCUT2D eigenvalue weighted by molar-refractivity contribution is 5.93. The average molecular weight is 241 g/mol. The van der Waals surface area contributed by atoms with Crippen LogP contribution >= 0.6 is 0 Å². The summed E-state index contributed by atoms with van der Waals surface area (Å²) < 4.78 is 4.76. The first-order chi connectivity index (χ1) is 8.13. The van der Waals surface area contributed by atoms with Gasteiger partial charge in [0.2, 0.25) is 0 Å². The minimum Gasteiger partial charge on any atom is -0.446 e. The molecule has 1 aliphatic carbocycles. The highest BCUT2D eigenvalue weighted by atomic mass is 16.6. The standard InChI is InChI=1S/C12H19NO4/c1-2-10(14)11(15)8-17-12(16)13-9-6-4-3-5-7-9/h2,9,11,15H,1,3-8H2,(H,13,16). The van der Waals surface area contributed by atoms with Crippen LogP contribution in [-0.2, 0) is 9.53 Å². The van der Waals surface area contributed by atoms with Gasteiger partial charge < -0.3 is 15.2 Å². The molecule has 1 fully saturated rings. The predicted molar refractivity (Wildman–Crippen MR) is 62.6 cm³/mol. The molecule has 0 aromatic carbocycles. The Hall–Kier alpha value is -1.36. The van der Waals surface area contributed by atoms with E-state index in [2.05, 4.69) is 11.9 Å². The summed E-state index contributed by atoms with van der Waals surface area (Å²) >= 11 is 0. The molecule has 0 bridgehead atoms. The van der Waals surface area contributed by atoms with E-state index in [9.17, 15) is 14.7 Å². The second-order valence-corrected chi connectivity index (χ2v) is 4.20. The summed E-state index contributed by atoms with van der Waals surface area (Å²) in [4.78, 5) is 22.3. The van der Waals surface area contributed by atoms with Gasteiger partial charge in [0.05, 0.1) is 0 Å². The van der Waals surface area contributed by atoms with E-state index in [-0.39, 0.29) is 12.6 Å². The fourth-order valence-electron chi connectivity index (χ4n) is 1.83. The maximum Gasteiger partial charge on any atom is 0.407 e. The molecule has 1 amide bonds. The lowest BCUT2D eigenvalue weighted by Gasteiger charge is -2.22. The summed E-state index contributed by atoms with van der Waals surface area (Å²) in [5.74, 6) is -0.546. The smallest absolute Gasteiger partial charge is 0.407 e. The van der Waals surface area contributed by atoms with Crippen LogP contribution in [-0.4, -0.2) is 35.7 Å². The molecule has 0 heterocycles. The van der Waals surface area contributed by atoms with Crippen LogP contribution in [0.4, 0.5) is 4.79 Å². The third kappa shape index (κ3) is 4.99. The average Bonchev–Trinajstić information content (AvgIpc) is 2.36. The molecule has 1 atom stereocenters. The number of carbonyl (C=O) groups is 2. The number of aliphatic hydroxyl groups is 1. The summed E-state index contributed by atoms with van der Waals surface area (Å²) in [6.07, 6.45) is 4.47. The van der Waals surface area contributed by atoms with Crippen LogP contribution in [0.2, 0.25) is 0 Å². The van der Waals surface area contributed by atoms with Crippen molar-refractivity contribution in [2.45, 2.75) is 44.2 Å². The summed E-state index contributed by atoms with van der Waals surface area (Å²) in [5.41, 5.74) is 0. The Labute approximate surface area is 101 Å². The van der Waals surface area contributed by atoms with E-state index in [4.69, 9.17) is 4.74 Å². The fraction of sp³-hybridized carbons (Fsp3) is 0.667. The van der Waals surface area contributed by atoms with E-state index in [1.807, 2.05) is 0 Å². The van der Waals surface area contributed by atoms with Gasteiger partial charge in [0.1, 0.15) is 6.61 Å². The van der Waals surface area contributed by atoms with Gasteiger partial charge in [0.25, 0.3) is 0 Å². The number of amides is 1. The number of ketones is 1. The molecule has 2 N–H and O–H groups in total. The van der Waals surface area contributed by atoms with Gasteiger partial charge in [0, 0.05) is 6.04 Å². The lowest BCUT2D eigenvalue weighted by Crippen LogP contribution is -2.38. The second kappa shape index (κ2) is 7.06. The van der Waals surface area contributed by atoms with Crippen LogP contribution in [0.15, 0.2) is 12.7 Å². The fourth-order valence-corrected chi connectivity index (χ4v) is 1.83. The monoisotopic (exact) mass is 241 g/mol. The Kier molecular flexibility index (Phi) is 5.69. The number of hydrogen-bond donors (Lipinski definition) is 2. The first-order valence-electron chi connectivity index (χ1n) is 5.91. The maximum absolute atomic E-state index is 11.3. The van der Waals surface area contributed by atoms with E-state index in [0.717, 1.165) is 31.8 Å². The number of carbonyl (C=O) groups excluding carboxylic acids is 2. The van der Waals surface area contributed by atoms with Crippen molar-refractivity contribution in [3.8, 4) is 0 Å². The highest BCUT2D eigenvalue weighted by Gasteiger charge is 2.18. The minimum absolute atomic E-state index is 0.156. The third-order valence-corrected chi connectivity index (χ3v) is 2.83. The van der Waals surface area contributed by atoms with Crippen molar-refractivity contribution < 1.29 is 19.4 Å². The van der Waals surface area contributed by atoms with Crippen LogP contribution in [0, 0.1) is 0 Å². The first-order valence-corrected chi connectivity index (χ1v) is 5.91. The van der Waals surface area contributed by atoms with Crippen molar-refractivity contribution in [3.63, 3.8) is 0 Å². The molecule has 0 aliphatic heterocycles. The van der Waals surface area contributed by atoms with Crippen LogP contribution in [0.5, 0.6) is 0 Å². The Morgan fingerprint density at radius 2 is 2.06 bits per heavy atom. The molecular weight excluding hydrogens is 222 g/mol. The molecule has 5 nitrogen and oxygen atoms in total. The molecule has 5 heteroatoms. The van der Waals surface area contributed by atoms with Crippen molar-refractivity contribution in [3.05, 3.63) is 12.7 Å². The molecule has 0 aromatic rings. The molecule has 0 radical (unpaired) electrons. The maximum atomic E-state index is 11.3. The Morgan fingerprint density at radius 3 is 2.65 bits per heavy atom. The zero-order valence-electron chi connectivity index (χ0n) is 9.85. The number of hydrogen-bond acceptors (Lipinski definition) is 4. The number of aliphatic hydroxyl groups excluding tert-OH is 1. The minimum atomic E-state index is -1.32. The Bertz CT molecular complexity index is 284. The molecule has 96 valence electrons. The van der Waals surface area contributed by atoms with Crippen molar-refractivity contribution in [2.24, 2.45) is 0 Å². The van der Waals surface area contributed by atoms with Crippen molar-refractivity contribution >= 4 is 11.9 Å². The van der Waals surface area contributed by atoms with Gasteiger partial charge in [-0.3, -0.25) is 4.79 Å². The van der Waals surface area contributed by atoms with E-state index in [1.165, 1.54) is 6.42 Å². The van der Waals surface area contributed by atoms with Crippen molar-refractivity contribution in [2.75, 3.05) is 6.61 Å². The van der Waals surface area contributed by atoms with Gasteiger partial charge in [-0.15, -0.1) is 0 Å². The summed E-state index contributed by atoms with van der Waals surface area (Å²) in [7, 11) is 0. The number of nitrogens with one attached hydrogen (secondary N) is 1. The first kappa shape index (κ1) is 13.7. The topological polar surface area (TPSA) is 75.6 Å². The molecule has 0 aromatic heterocycles. The van der Waals surface area contributed by atoms with E-state index in [1.54, 1.807) is 0 Å². The molecule has 1 aliphatic rings. The summed E-state index contributed by atoms with van der Waals surface area (Å²) in [5, 5.41) is 12.0. The second-order valence-electron chi connectivity index (χ2n) is 4.20. The van der Waals surface area contributed by atoms with Gasteiger partial charge >= 0.3 is 6.09 Å². The van der Waals surface area contributed by atoms with Crippen molar-refractivity contribution in [1.82, 2.24) is 5.32 Å². The Morgan fingerprint density at radius 1 is 1.41 bits per heavy atom. The van der Waals surface area contributed by atoms with Crippen LogP contribution in [0.1, 0.15) is 32.1 Å². The molecule has 17 heavy (non-hydrogen) atoms. The third-order valence-electron chi connectivity index (χ3n) is 2.83. The number of ether oxygens (including phenoxy) is 1. The van der Waals surface area contributed by atoms with Gasteiger partial charge in [-0.25, -0.2) is 4.79 Å². The zero-order chi connectivity index (χ0) is 12.7. The highest BCUT2D eigenvalue weighted by Crippen LogP contribution is 2.17. The molecule has 1 unspecified atom stereocenters. The Balaban J connectivity index is 2.20. The van der Waals surface area contributed by atoms with Gasteiger partial charge in [-0.1, -0.05) is 25.8 Å². The molecule has 0 spiro atoms. The lowest BCUT2D eigenvalue weighted by molar-refractivity contribution is -0.124. The SMILES string of the molecule is C=CC(=O)C(O)COC(=O)NC1CCCCC1. The summed E-state index contributed by atoms with van der Waals surface area (Å²) in [6.45, 7) is 2.91. The van der Waals surface area contributed by atoms with Gasteiger partial charge in [-0.2, -0.15) is 0 Å². The van der Waals surface area contributed by atoms with E-state index in [0.29, 0.717) is 0 Å². The molecule has 0 saturated heterocycles. The van der Waals surface area contributed by atoms with Gasteiger partial charge in [0.15, 0.2) is 11.9 Å². The van der Waals surface area contributed by atoms with Gasteiger partial charge in [-0.05, 0) is 18.9 Å². The largest absolute Gasteiger partial charge is 0.446 e. The summed E-state index contributed by atoms with van der Waals surface area (Å²) in [6, 6.07) is 0.156. The molecule has 1 saturated carbocycles. The van der Waals surface area contributed by atoms with Crippen LogP contribution < -0.4 is 5.32 Å². The van der Waals surface area contributed by atoms with E-state index >= 15 is 0 Å². The number of rotatable bonds is 5. The molecule has 1 rings (SSSR count).